The van der Waals surface area contributed by atoms with Crippen molar-refractivity contribution in [1.29, 1.82) is 0 Å². The van der Waals surface area contributed by atoms with Crippen molar-refractivity contribution < 1.29 is 19.1 Å². The minimum atomic E-state index is -0.519. The third-order valence-electron chi connectivity index (χ3n) is 4.26. The third-order valence-corrected chi connectivity index (χ3v) is 4.26. The molecule has 2 rings (SSSR count). The van der Waals surface area contributed by atoms with E-state index in [4.69, 9.17) is 9.47 Å². The normalized spacial score (nSPS) is 33.1. The summed E-state index contributed by atoms with van der Waals surface area (Å²) in [6, 6.07) is 0.247. The van der Waals surface area contributed by atoms with Crippen LogP contribution in [0.4, 0.5) is 0 Å². The molecule has 0 aromatic carbocycles. The lowest BCUT2D eigenvalue weighted by Gasteiger charge is -2.41. The van der Waals surface area contributed by atoms with Gasteiger partial charge in [-0.3, -0.25) is 4.79 Å². The molecule has 0 spiro atoms. The average Bonchev–Trinajstić information content (AvgIpc) is 2.80. The van der Waals surface area contributed by atoms with E-state index in [2.05, 4.69) is 6.92 Å². The maximum absolute atomic E-state index is 12.5. The van der Waals surface area contributed by atoms with Crippen LogP contribution >= 0.6 is 0 Å². The molecule has 1 amide bonds. The van der Waals surface area contributed by atoms with Crippen LogP contribution in [0.15, 0.2) is 0 Å². The molecule has 2 aliphatic rings. The van der Waals surface area contributed by atoms with E-state index in [0.29, 0.717) is 18.8 Å². The fourth-order valence-electron chi connectivity index (χ4n) is 3.32. The molecule has 0 N–H and O–H groups in total. The number of piperidine rings is 1. The zero-order valence-corrected chi connectivity index (χ0v) is 12.8. The van der Waals surface area contributed by atoms with Crippen molar-refractivity contribution in [1.82, 2.24) is 4.90 Å². The Morgan fingerprint density at radius 3 is 2.65 bits per heavy atom. The summed E-state index contributed by atoms with van der Waals surface area (Å²) in [6.07, 6.45) is 2.41. The van der Waals surface area contributed by atoms with Gasteiger partial charge in [-0.05, 0) is 25.7 Å². The lowest BCUT2D eigenvalue weighted by molar-refractivity contribution is -0.154. The van der Waals surface area contributed by atoms with Crippen LogP contribution in [0.25, 0.3) is 0 Å². The average molecular weight is 283 g/mol. The highest BCUT2D eigenvalue weighted by Crippen LogP contribution is 2.35. The fourth-order valence-corrected chi connectivity index (χ4v) is 3.32. The number of carbonyl (C=O) groups is 2. The predicted octanol–water partition coefficient (Wildman–Crippen LogP) is 1.74. The van der Waals surface area contributed by atoms with Gasteiger partial charge in [0.2, 0.25) is 5.91 Å². The number of amides is 1. The van der Waals surface area contributed by atoms with Gasteiger partial charge in [-0.1, -0.05) is 13.8 Å². The quantitative estimate of drug-likeness (QED) is 0.740. The highest BCUT2D eigenvalue weighted by molar-refractivity contribution is 5.78. The molecule has 4 atom stereocenters. The molecule has 20 heavy (non-hydrogen) atoms. The van der Waals surface area contributed by atoms with E-state index in [-0.39, 0.29) is 30.1 Å². The summed E-state index contributed by atoms with van der Waals surface area (Å²) in [6.45, 7) is 6.18. The lowest BCUT2D eigenvalue weighted by Crippen LogP contribution is -2.53. The van der Waals surface area contributed by atoms with Crippen molar-refractivity contribution in [3.63, 3.8) is 0 Å². The third kappa shape index (κ3) is 2.97. The molecule has 0 aliphatic carbocycles. The second-order valence-corrected chi connectivity index (χ2v) is 6.31. The van der Waals surface area contributed by atoms with Crippen molar-refractivity contribution in [2.45, 2.75) is 70.7 Å². The van der Waals surface area contributed by atoms with Crippen molar-refractivity contribution in [2.24, 2.45) is 5.92 Å². The summed E-state index contributed by atoms with van der Waals surface area (Å²) in [5.74, 6) is 0.188. The molecular formula is C15H25NO4. The minimum absolute atomic E-state index is 0.0218. The molecule has 2 aliphatic heterocycles. The molecule has 5 heteroatoms. The van der Waals surface area contributed by atoms with E-state index in [9.17, 15) is 9.59 Å². The second-order valence-electron chi connectivity index (χ2n) is 6.31. The van der Waals surface area contributed by atoms with Crippen LogP contribution in [0.2, 0.25) is 0 Å². The zero-order chi connectivity index (χ0) is 14.9. The van der Waals surface area contributed by atoms with E-state index >= 15 is 0 Å². The monoisotopic (exact) mass is 283 g/mol. The van der Waals surface area contributed by atoms with Crippen LogP contribution in [-0.2, 0) is 19.1 Å². The number of carbonyl (C=O) groups excluding carboxylic acids is 2. The number of ether oxygens (including phenoxy) is 2. The van der Waals surface area contributed by atoms with Gasteiger partial charge in [0.05, 0.1) is 19.3 Å². The van der Waals surface area contributed by atoms with Crippen LogP contribution in [-0.4, -0.2) is 48.2 Å². The SMILES string of the molecule is COC(=O)[C@@H]1C[C@@H]2[C@@H](CC[C@H](C)N2C(=O)CC(C)C)O1. The first-order valence-electron chi connectivity index (χ1n) is 7.48. The van der Waals surface area contributed by atoms with Crippen LogP contribution in [0.3, 0.4) is 0 Å². The largest absolute Gasteiger partial charge is 0.467 e. The van der Waals surface area contributed by atoms with Crippen LogP contribution < -0.4 is 0 Å². The molecule has 0 saturated carbocycles. The number of likely N-dealkylation sites (tertiary alicyclic amines) is 1. The Balaban J connectivity index is 2.10. The molecular weight excluding hydrogens is 258 g/mol. The van der Waals surface area contributed by atoms with Gasteiger partial charge >= 0.3 is 5.97 Å². The summed E-state index contributed by atoms with van der Waals surface area (Å²) in [4.78, 5) is 26.1. The molecule has 114 valence electrons. The van der Waals surface area contributed by atoms with Crippen LogP contribution in [0.1, 0.15) is 46.5 Å². The Kier molecular flexibility index (Phi) is 4.68. The number of fused-ring (bicyclic) bond motifs is 1. The number of rotatable bonds is 3. The second kappa shape index (κ2) is 6.12. The standard InChI is InChI=1S/C15H25NO4/c1-9(2)7-14(17)16-10(3)5-6-12-11(16)8-13(20-12)15(18)19-4/h9-13H,5-8H2,1-4H3/t10-,11+,12+,13-/m0/s1. The molecule has 0 unspecified atom stereocenters. The van der Waals surface area contributed by atoms with E-state index in [1.165, 1.54) is 7.11 Å². The van der Waals surface area contributed by atoms with Gasteiger partial charge in [0, 0.05) is 18.9 Å². The molecule has 2 fully saturated rings. The van der Waals surface area contributed by atoms with Gasteiger partial charge in [-0.15, -0.1) is 0 Å². The van der Waals surface area contributed by atoms with Crippen LogP contribution in [0, 0.1) is 5.92 Å². The van der Waals surface area contributed by atoms with Gasteiger partial charge in [-0.25, -0.2) is 4.79 Å². The Hall–Kier alpha value is -1.10. The topological polar surface area (TPSA) is 55.8 Å². The summed E-state index contributed by atoms with van der Waals surface area (Å²) < 4.78 is 10.5. The van der Waals surface area contributed by atoms with Gasteiger partial charge in [0.1, 0.15) is 0 Å². The van der Waals surface area contributed by atoms with E-state index < -0.39 is 6.10 Å². The molecule has 5 nitrogen and oxygen atoms in total. The van der Waals surface area contributed by atoms with E-state index in [1.807, 2.05) is 18.7 Å². The number of methoxy groups -OCH3 is 1. The molecule has 0 aromatic rings. The summed E-state index contributed by atoms with van der Waals surface area (Å²) in [5.41, 5.74) is 0. The van der Waals surface area contributed by atoms with Crippen molar-refractivity contribution in [3.05, 3.63) is 0 Å². The smallest absolute Gasteiger partial charge is 0.335 e. The highest BCUT2D eigenvalue weighted by Gasteiger charge is 2.47. The lowest BCUT2D eigenvalue weighted by atomic mass is 9.91. The molecule has 0 bridgehead atoms. The van der Waals surface area contributed by atoms with Gasteiger partial charge in [0.15, 0.2) is 6.10 Å². The first-order chi connectivity index (χ1) is 9.43. The Morgan fingerprint density at radius 2 is 2.05 bits per heavy atom. The first kappa shape index (κ1) is 15.3. The Bertz CT molecular complexity index is 382. The van der Waals surface area contributed by atoms with Crippen molar-refractivity contribution >= 4 is 11.9 Å². The maximum Gasteiger partial charge on any atom is 0.335 e. The summed E-state index contributed by atoms with van der Waals surface area (Å²) in [5, 5.41) is 0. The number of nitrogens with zero attached hydrogens (tertiary/aromatic N) is 1. The number of esters is 1. The predicted molar refractivity (Wildman–Crippen MR) is 74.1 cm³/mol. The Morgan fingerprint density at radius 1 is 1.35 bits per heavy atom. The zero-order valence-electron chi connectivity index (χ0n) is 12.8. The van der Waals surface area contributed by atoms with Crippen molar-refractivity contribution in [3.8, 4) is 0 Å². The van der Waals surface area contributed by atoms with Crippen molar-refractivity contribution in [2.75, 3.05) is 7.11 Å². The number of hydrogen-bond donors (Lipinski definition) is 0. The fraction of sp³-hybridized carbons (Fsp3) is 0.867. The molecule has 0 radical (unpaired) electrons. The Labute approximate surface area is 120 Å². The van der Waals surface area contributed by atoms with Gasteiger partial charge in [-0.2, -0.15) is 0 Å². The highest BCUT2D eigenvalue weighted by atomic mass is 16.6. The van der Waals surface area contributed by atoms with Gasteiger partial charge in [0.25, 0.3) is 0 Å². The van der Waals surface area contributed by atoms with E-state index in [0.717, 1.165) is 12.8 Å². The molecule has 2 saturated heterocycles. The summed E-state index contributed by atoms with van der Waals surface area (Å²) in [7, 11) is 1.37. The minimum Gasteiger partial charge on any atom is -0.467 e. The molecule has 0 aromatic heterocycles. The summed E-state index contributed by atoms with van der Waals surface area (Å²) >= 11 is 0. The van der Waals surface area contributed by atoms with Gasteiger partial charge < -0.3 is 14.4 Å². The maximum atomic E-state index is 12.5. The number of hydrogen-bond acceptors (Lipinski definition) is 4. The van der Waals surface area contributed by atoms with E-state index in [1.54, 1.807) is 0 Å². The first-order valence-corrected chi connectivity index (χ1v) is 7.48. The molecule has 2 heterocycles. The van der Waals surface area contributed by atoms with Crippen LogP contribution in [0.5, 0.6) is 0 Å².